The number of carbonyl (C=O) groups excluding carboxylic acids is 1. The fourth-order valence-corrected chi connectivity index (χ4v) is 1.62. The summed E-state index contributed by atoms with van der Waals surface area (Å²) < 4.78 is 13.1. The highest BCUT2D eigenvalue weighted by molar-refractivity contribution is 5.92. The lowest BCUT2D eigenvalue weighted by atomic mass is 10.2. The fraction of sp³-hybridized carbons (Fsp3) is 0.267. The normalized spacial score (nSPS) is 10.5. The number of nitrogens with zero attached hydrogens (tertiary/aromatic N) is 2. The number of anilines is 2. The second-order valence-electron chi connectivity index (χ2n) is 5.04. The maximum absolute atomic E-state index is 13.1. The Labute approximate surface area is 122 Å². The molecule has 2 N–H and O–H groups in total. The highest BCUT2D eigenvalue weighted by Crippen LogP contribution is 2.14. The molecule has 6 heteroatoms. The van der Waals surface area contributed by atoms with Crippen LogP contribution >= 0.6 is 0 Å². The van der Waals surface area contributed by atoms with Gasteiger partial charge in [0.1, 0.15) is 5.82 Å². The highest BCUT2D eigenvalue weighted by atomic mass is 19.1. The highest BCUT2D eigenvalue weighted by Gasteiger charge is 2.08. The molecule has 0 radical (unpaired) electrons. The van der Waals surface area contributed by atoms with Crippen LogP contribution in [0.1, 0.15) is 24.3 Å². The largest absolute Gasteiger partial charge is 0.350 e. The summed E-state index contributed by atoms with van der Waals surface area (Å²) in [6.45, 7) is 4.61. The molecular formula is C15H17FN4O. The molecule has 5 nitrogen and oxygen atoms in total. The first-order valence-electron chi connectivity index (χ1n) is 6.69. The zero-order chi connectivity index (χ0) is 15.2. The Kier molecular flexibility index (Phi) is 4.81. The molecule has 1 amide bonds. The lowest BCUT2D eigenvalue weighted by molar-refractivity contribution is 0.0943. The first kappa shape index (κ1) is 14.9. The summed E-state index contributed by atoms with van der Waals surface area (Å²) in [6, 6.07) is 9.23. The Morgan fingerprint density at radius 2 is 2.05 bits per heavy atom. The fourth-order valence-electron chi connectivity index (χ4n) is 1.62. The van der Waals surface area contributed by atoms with Crippen LogP contribution < -0.4 is 10.6 Å². The van der Waals surface area contributed by atoms with Crippen LogP contribution in [0, 0.1) is 11.7 Å². The van der Waals surface area contributed by atoms with Gasteiger partial charge in [-0.25, -0.2) is 4.39 Å². The Balaban J connectivity index is 2.00. The van der Waals surface area contributed by atoms with E-state index in [0.29, 0.717) is 24.0 Å². The van der Waals surface area contributed by atoms with Crippen molar-refractivity contribution in [1.82, 2.24) is 15.5 Å². The first-order chi connectivity index (χ1) is 10.0. The predicted octanol–water partition coefficient (Wildman–Crippen LogP) is 2.75. The molecule has 2 rings (SSSR count). The molecule has 0 bridgehead atoms. The molecule has 0 aliphatic carbocycles. The standard InChI is InChI=1S/C15H17FN4O/c1-10(2)9-17-15(21)13-6-7-14(20-19-13)18-12-5-3-4-11(16)8-12/h3-8,10H,9H2,1-2H3,(H,17,21)(H,18,20). The van der Waals surface area contributed by atoms with Gasteiger partial charge in [-0.05, 0) is 36.2 Å². The molecule has 21 heavy (non-hydrogen) atoms. The number of hydrogen-bond donors (Lipinski definition) is 2. The molecule has 0 fully saturated rings. The van der Waals surface area contributed by atoms with Gasteiger partial charge in [0.15, 0.2) is 11.5 Å². The number of aromatic nitrogens is 2. The lowest BCUT2D eigenvalue weighted by Crippen LogP contribution is -2.28. The van der Waals surface area contributed by atoms with E-state index in [1.54, 1.807) is 24.3 Å². The van der Waals surface area contributed by atoms with Crippen LogP contribution in [0.25, 0.3) is 0 Å². The first-order valence-corrected chi connectivity index (χ1v) is 6.69. The summed E-state index contributed by atoms with van der Waals surface area (Å²) in [7, 11) is 0. The second-order valence-corrected chi connectivity index (χ2v) is 5.04. The summed E-state index contributed by atoms with van der Waals surface area (Å²) in [5.74, 6) is 0.225. The van der Waals surface area contributed by atoms with Gasteiger partial charge in [0, 0.05) is 12.2 Å². The average molecular weight is 288 g/mol. The van der Waals surface area contributed by atoms with E-state index < -0.39 is 0 Å². The van der Waals surface area contributed by atoms with Gasteiger partial charge in [-0.3, -0.25) is 4.79 Å². The van der Waals surface area contributed by atoms with Crippen molar-refractivity contribution in [3.8, 4) is 0 Å². The lowest BCUT2D eigenvalue weighted by Gasteiger charge is -2.08. The average Bonchev–Trinajstić information content (AvgIpc) is 2.45. The van der Waals surface area contributed by atoms with Crippen LogP contribution in [0.15, 0.2) is 36.4 Å². The number of hydrogen-bond acceptors (Lipinski definition) is 4. The van der Waals surface area contributed by atoms with Crippen molar-refractivity contribution < 1.29 is 9.18 Å². The Hall–Kier alpha value is -2.50. The summed E-state index contributed by atoms with van der Waals surface area (Å²) in [6.07, 6.45) is 0. The SMILES string of the molecule is CC(C)CNC(=O)c1ccc(Nc2cccc(F)c2)nn1. The van der Waals surface area contributed by atoms with Gasteiger partial charge in [-0.15, -0.1) is 10.2 Å². The number of rotatable bonds is 5. The molecule has 1 heterocycles. The summed E-state index contributed by atoms with van der Waals surface area (Å²) >= 11 is 0. The van der Waals surface area contributed by atoms with Gasteiger partial charge >= 0.3 is 0 Å². The summed E-state index contributed by atoms with van der Waals surface area (Å²) in [5.41, 5.74) is 0.821. The quantitative estimate of drug-likeness (QED) is 0.887. The molecule has 0 unspecified atom stereocenters. The topological polar surface area (TPSA) is 66.9 Å². The van der Waals surface area contributed by atoms with E-state index in [-0.39, 0.29) is 17.4 Å². The van der Waals surface area contributed by atoms with E-state index in [1.165, 1.54) is 12.1 Å². The van der Waals surface area contributed by atoms with Crippen LogP contribution in [-0.2, 0) is 0 Å². The smallest absolute Gasteiger partial charge is 0.271 e. The van der Waals surface area contributed by atoms with Crippen molar-refractivity contribution in [3.05, 3.63) is 47.9 Å². The van der Waals surface area contributed by atoms with Crippen LogP contribution in [0.5, 0.6) is 0 Å². The zero-order valence-electron chi connectivity index (χ0n) is 11.9. The maximum atomic E-state index is 13.1. The molecule has 2 aromatic rings. The van der Waals surface area contributed by atoms with Gasteiger partial charge in [0.25, 0.3) is 5.91 Å². The third kappa shape index (κ3) is 4.52. The Morgan fingerprint density at radius 1 is 1.24 bits per heavy atom. The van der Waals surface area contributed by atoms with Crippen LogP contribution in [0.3, 0.4) is 0 Å². The van der Waals surface area contributed by atoms with Crippen molar-refractivity contribution in [1.29, 1.82) is 0 Å². The molecule has 1 aromatic carbocycles. The third-order valence-corrected chi connectivity index (χ3v) is 2.67. The van der Waals surface area contributed by atoms with Crippen molar-refractivity contribution in [2.45, 2.75) is 13.8 Å². The van der Waals surface area contributed by atoms with E-state index in [9.17, 15) is 9.18 Å². The zero-order valence-corrected chi connectivity index (χ0v) is 11.9. The minimum absolute atomic E-state index is 0.250. The van der Waals surface area contributed by atoms with Crippen molar-refractivity contribution in [2.24, 2.45) is 5.92 Å². The Morgan fingerprint density at radius 3 is 2.67 bits per heavy atom. The van der Waals surface area contributed by atoms with Gasteiger partial charge in [-0.1, -0.05) is 19.9 Å². The number of halogens is 1. The minimum Gasteiger partial charge on any atom is -0.350 e. The molecule has 0 aliphatic rings. The van der Waals surface area contributed by atoms with Gasteiger partial charge in [0.05, 0.1) is 0 Å². The van der Waals surface area contributed by atoms with Gasteiger partial charge in [0.2, 0.25) is 0 Å². The van der Waals surface area contributed by atoms with Crippen molar-refractivity contribution in [2.75, 3.05) is 11.9 Å². The minimum atomic E-state index is -0.336. The third-order valence-electron chi connectivity index (χ3n) is 2.67. The molecule has 110 valence electrons. The van der Waals surface area contributed by atoms with Crippen molar-refractivity contribution >= 4 is 17.4 Å². The summed E-state index contributed by atoms with van der Waals surface area (Å²) in [4.78, 5) is 11.8. The van der Waals surface area contributed by atoms with E-state index in [2.05, 4.69) is 20.8 Å². The maximum Gasteiger partial charge on any atom is 0.271 e. The number of benzene rings is 1. The number of amides is 1. The van der Waals surface area contributed by atoms with Gasteiger partial charge in [-0.2, -0.15) is 0 Å². The van der Waals surface area contributed by atoms with Gasteiger partial charge < -0.3 is 10.6 Å². The van der Waals surface area contributed by atoms with E-state index >= 15 is 0 Å². The summed E-state index contributed by atoms with van der Waals surface area (Å²) in [5, 5.41) is 13.4. The monoisotopic (exact) mass is 288 g/mol. The molecule has 0 saturated heterocycles. The molecular weight excluding hydrogens is 271 g/mol. The molecule has 0 spiro atoms. The van der Waals surface area contributed by atoms with Crippen LogP contribution in [-0.4, -0.2) is 22.6 Å². The molecule has 0 saturated carbocycles. The molecule has 0 aliphatic heterocycles. The van der Waals surface area contributed by atoms with Crippen LogP contribution in [0.4, 0.5) is 15.9 Å². The van der Waals surface area contributed by atoms with Crippen molar-refractivity contribution in [3.63, 3.8) is 0 Å². The molecule has 0 atom stereocenters. The van der Waals surface area contributed by atoms with E-state index in [4.69, 9.17) is 0 Å². The van der Waals surface area contributed by atoms with Crippen LogP contribution in [0.2, 0.25) is 0 Å². The second kappa shape index (κ2) is 6.78. The molecule has 1 aromatic heterocycles. The predicted molar refractivity (Wildman–Crippen MR) is 78.9 cm³/mol. The number of carbonyl (C=O) groups is 1. The number of nitrogens with one attached hydrogen (secondary N) is 2. The van der Waals surface area contributed by atoms with E-state index in [0.717, 1.165) is 0 Å². The Bertz CT molecular complexity index is 613. The van der Waals surface area contributed by atoms with E-state index in [1.807, 2.05) is 13.8 Å².